The first-order valence-corrected chi connectivity index (χ1v) is 14.3. The molecule has 0 saturated heterocycles. The summed E-state index contributed by atoms with van der Waals surface area (Å²) < 4.78 is 12.8. The van der Waals surface area contributed by atoms with Crippen molar-refractivity contribution in [2.75, 3.05) is 0 Å². The van der Waals surface area contributed by atoms with E-state index >= 15 is 0 Å². The quantitative estimate of drug-likeness (QED) is 0.627. The highest BCUT2D eigenvalue weighted by atomic mass is 28.4. The van der Waals surface area contributed by atoms with Gasteiger partial charge in [-0.05, 0) is 43.2 Å². The summed E-state index contributed by atoms with van der Waals surface area (Å²) in [6, 6.07) is 0. The van der Waals surface area contributed by atoms with Crippen molar-refractivity contribution in [2.24, 2.45) is 0 Å². The Labute approximate surface area is 145 Å². The molecule has 0 heterocycles. The van der Waals surface area contributed by atoms with E-state index in [1.807, 2.05) is 6.92 Å². The molecule has 4 nitrogen and oxygen atoms in total. The van der Waals surface area contributed by atoms with Crippen molar-refractivity contribution in [3.63, 3.8) is 0 Å². The molecule has 0 aromatic rings. The summed E-state index contributed by atoms with van der Waals surface area (Å²) in [7, 11) is -4.01. The predicted molar refractivity (Wildman–Crippen MR) is 102 cm³/mol. The van der Waals surface area contributed by atoms with E-state index in [9.17, 15) is 9.90 Å². The molecule has 0 aliphatic heterocycles. The van der Waals surface area contributed by atoms with E-state index in [-0.39, 0.29) is 22.6 Å². The third-order valence-electron chi connectivity index (χ3n) is 5.44. The molecule has 2 unspecified atom stereocenters. The van der Waals surface area contributed by atoms with E-state index < -0.39 is 28.7 Å². The van der Waals surface area contributed by atoms with Crippen molar-refractivity contribution in [1.82, 2.24) is 0 Å². The van der Waals surface area contributed by atoms with Crippen molar-refractivity contribution < 1.29 is 18.8 Å². The molecule has 0 amide bonds. The normalized spacial score (nSPS) is 17.0. The molecule has 0 aromatic carbocycles. The highest BCUT2D eigenvalue weighted by Crippen LogP contribution is 2.40. The van der Waals surface area contributed by atoms with Gasteiger partial charge in [-0.3, -0.25) is 4.79 Å². The topological polar surface area (TPSA) is 55.8 Å². The van der Waals surface area contributed by atoms with Gasteiger partial charge in [0.1, 0.15) is 0 Å². The standard InChI is InChI=1S/C17H38O4Si2/c1-13(20-22(8,9)16(2,3)4)14(12-15(18)19)21-23(10,11)17(5,6)7/h13-14H,12H2,1-11H3,(H,18,19). The Morgan fingerprint density at radius 1 is 0.913 bits per heavy atom. The van der Waals surface area contributed by atoms with Gasteiger partial charge >= 0.3 is 5.97 Å². The molecule has 0 aromatic heterocycles. The fourth-order valence-electron chi connectivity index (χ4n) is 1.75. The Bertz CT molecular complexity index is 406. The lowest BCUT2D eigenvalue weighted by Crippen LogP contribution is -2.51. The molecular formula is C17H38O4Si2. The highest BCUT2D eigenvalue weighted by Gasteiger charge is 2.44. The van der Waals surface area contributed by atoms with Crippen LogP contribution in [0.2, 0.25) is 36.3 Å². The molecule has 138 valence electrons. The molecule has 6 heteroatoms. The Morgan fingerprint density at radius 2 is 1.26 bits per heavy atom. The first kappa shape index (κ1) is 22.8. The zero-order valence-electron chi connectivity index (χ0n) is 17.0. The first-order chi connectivity index (χ1) is 9.91. The van der Waals surface area contributed by atoms with E-state index in [4.69, 9.17) is 8.85 Å². The van der Waals surface area contributed by atoms with Crippen molar-refractivity contribution in [3.8, 4) is 0 Å². The Hall–Kier alpha value is -0.176. The molecule has 0 bridgehead atoms. The fourth-order valence-corrected chi connectivity index (χ4v) is 4.57. The van der Waals surface area contributed by atoms with Gasteiger partial charge in [0.05, 0.1) is 18.6 Å². The van der Waals surface area contributed by atoms with Crippen LogP contribution in [-0.4, -0.2) is 39.9 Å². The SMILES string of the molecule is CC(O[Si](C)(C)C(C)(C)C)C(CC(=O)O)O[Si](C)(C)C(C)(C)C. The maximum atomic E-state index is 11.3. The molecule has 0 fully saturated rings. The summed E-state index contributed by atoms with van der Waals surface area (Å²) in [6.07, 6.45) is -0.633. The Morgan fingerprint density at radius 3 is 1.57 bits per heavy atom. The molecule has 0 rings (SSSR count). The summed E-state index contributed by atoms with van der Waals surface area (Å²) in [5.74, 6) is -0.834. The van der Waals surface area contributed by atoms with Crippen LogP contribution >= 0.6 is 0 Å². The lowest BCUT2D eigenvalue weighted by Gasteiger charge is -2.44. The molecule has 0 saturated carbocycles. The van der Waals surface area contributed by atoms with Gasteiger partial charge in [0.25, 0.3) is 0 Å². The van der Waals surface area contributed by atoms with Crippen LogP contribution in [0.3, 0.4) is 0 Å². The Kier molecular flexibility index (Phi) is 7.32. The number of hydrogen-bond acceptors (Lipinski definition) is 3. The second-order valence-corrected chi connectivity index (χ2v) is 19.1. The highest BCUT2D eigenvalue weighted by molar-refractivity contribution is 6.74. The average Bonchev–Trinajstić information content (AvgIpc) is 2.22. The van der Waals surface area contributed by atoms with Gasteiger partial charge in [0, 0.05) is 0 Å². The van der Waals surface area contributed by atoms with Crippen LogP contribution in [-0.2, 0) is 13.6 Å². The van der Waals surface area contributed by atoms with Crippen LogP contribution < -0.4 is 0 Å². The number of hydrogen-bond donors (Lipinski definition) is 1. The predicted octanol–water partition coefficient (Wildman–Crippen LogP) is 5.26. The smallest absolute Gasteiger partial charge is 0.306 e. The summed E-state index contributed by atoms with van der Waals surface area (Å²) in [6.45, 7) is 23.7. The van der Waals surface area contributed by atoms with Crippen LogP contribution in [0.15, 0.2) is 0 Å². The van der Waals surface area contributed by atoms with Crippen molar-refractivity contribution in [1.29, 1.82) is 0 Å². The van der Waals surface area contributed by atoms with Gasteiger partial charge < -0.3 is 14.0 Å². The maximum absolute atomic E-state index is 11.3. The average molecular weight is 363 g/mol. The number of carboxylic acids is 1. The fraction of sp³-hybridized carbons (Fsp3) is 0.941. The maximum Gasteiger partial charge on any atom is 0.306 e. The zero-order chi connectivity index (χ0) is 18.9. The van der Waals surface area contributed by atoms with Crippen LogP contribution in [0.25, 0.3) is 0 Å². The molecule has 2 atom stereocenters. The van der Waals surface area contributed by atoms with E-state index in [2.05, 4.69) is 67.7 Å². The third-order valence-corrected chi connectivity index (χ3v) is 14.5. The van der Waals surface area contributed by atoms with Gasteiger partial charge in [-0.1, -0.05) is 41.5 Å². The van der Waals surface area contributed by atoms with E-state index in [1.165, 1.54) is 0 Å². The number of carbonyl (C=O) groups is 1. The molecule has 0 spiro atoms. The van der Waals surface area contributed by atoms with Crippen LogP contribution in [0.5, 0.6) is 0 Å². The number of carboxylic acid groups (broad SMARTS) is 1. The van der Waals surface area contributed by atoms with Crippen LogP contribution in [0, 0.1) is 0 Å². The first-order valence-electron chi connectivity index (χ1n) is 8.48. The van der Waals surface area contributed by atoms with Crippen molar-refractivity contribution in [3.05, 3.63) is 0 Å². The molecule has 1 N–H and O–H groups in total. The minimum absolute atomic E-state index is 0.0116. The van der Waals surface area contributed by atoms with E-state index in [1.54, 1.807) is 0 Å². The van der Waals surface area contributed by atoms with Gasteiger partial charge in [-0.2, -0.15) is 0 Å². The summed E-state index contributed by atoms with van der Waals surface area (Å²) >= 11 is 0. The van der Waals surface area contributed by atoms with Gasteiger partial charge in [-0.25, -0.2) is 0 Å². The Balaban J connectivity index is 5.30. The lowest BCUT2D eigenvalue weighted by molar-refractivity contribution is -0.140. The van der Waals surface area contributed by atoms with Gasteiger partial charge in [-0.15, -0.1) is 0 Å². The summed E-state index contributed by atoms with van der Waals surface area (Å²) in [4.78, 5) is 11.3. The van der Waals surface area contributed by atoms with Crippen molar-refractivity contribution in [2.45, 2.75) is 103 Å². The minimum atomic E-state index is -2.05. The molecule has 0 radical (unpaired) electrons. The van der Waals surface area contributed by atoms with Gasteiger partial charge in [0.15, 0.2) is 16.6 Å². The molecule has 0 aliphatic carbocycles. The molecule has 0 aliphatic rings. The second kappa shape index (κ2) is 7.37. The molecular weight excluding hydrogens is 324 g/mol. The monoisotopic (exact) mass is 362 g/mol. The van der Waals surface area contributed by atoms with Crippen LogP contribution in [0.1, 0.15) is 54.9 Å². The van der Waals surface area contributed by atoms with Crippen LogP contribution in [0.4, 0.5) is 0 Å². The third kappa shape index (κ3) is 6.68. The second-order valence-electron chi connectivity index (χ2n) is 9.60. The summed E-state index contributed by atoms with van der Waals surface area (Å²) in [5, 5.41) is 9.41. The number of aliphatic carboxylic acids is 1. The molecule has 23 heavy (non-hydrogen) atoms. The van der Waals surface area contributed by atoms with E-state index in [0.29, 0.717) is 0 Å². The lowest BCUT2D eigenvalue weighted by atomic mass is 10.2. The number of rotatable bonds is 7. The van der Waals surface area contributed by atoms with E-state index in [0.717, 1.165) is 0 Å². The van der Waals surface area contributed by atoms with Crippen molar-refractivity contribution >= 4 is 22.6 Å². The summed E-state index contributed by atoms with van der Waals surface area (Å²) in [5.41, 5.74) is 0. The van der Waals surface area contributed by atoms with Gasteiger partial charge in [0.2, 0.25) is 0 Å². The zero-order valence-corrected chi connectivity index (χ0v) is 19.0. The largest absolute Gasteiger partial charge is 0.481 e. The minimum Gasteiger partial charge on any atom is -0.481 e.